The molecular formula is C14H18N2O8S. The molecule has 0 aliphatic carbocycles. The van der Waals surface area contributed by atoms with Crippen molar-refractivity contribution in [2.24, 2.45) is 0 Å². The van der Waals surface area contributed by atoms with Crippen LogP contribution in [0.5, 0.6) is 0 Å². The lowest BCUT2D eigenvalue weighted by Gasteiger charge is -2.50. The number of benzene rings is 1. The summed E-state index contributed by atoms with van der Waals surface area (Å²) < 4.78 is 46.9. The van der Waals surface area contributed by atoms with E-state index in [9.17, 15) is 18.0 Å². The van der Waals surface area contributed by atoms with Crippen molar-refractivity contribution in [2.75, 3.05) is 13.7 Å². The molecule has 138 valence electrons. The topological polar surface area (TPSA) is 131 Å². The van der Waals surface area contributed by atoms with Gasteiger partial charge in [0, 0.05) is 13.7 Å². The minimum Gasteiger partial charge on any atom is -0.445 e. The quantitative estimate of drug-likeness (QED) is 0.395. The summed E-state index contributed by atoms with van der Waals surface area (Å²) in [7, 11) is -3.79. The fraction of sp³-hybridized carbons (Fsp3) is 0.429. The highest BCUT2D eigenvalue weighted by Crippen LogP contribution is 2.35. The molecule has 2 N–H and O–H groups in total. The normalized spacial score (nSPS) is 23.1. The van der Waals surface area contributed by atoms with Gasteiger partial charge in [-0.25, -0.2) is 4.79 Å². The van der Waals surface area contributed by atoms with Gasteiger partial charge in [-0.1, -0.05) is 30.3 Å². The zero-order valence-corrected chi connectivity index (χ0v) is 14.4. The van der Waals surface area contributed by atoms with Crippen molar-refractivity contribution < 1.29 is 36.8 Å². The summed E-state index contributed by atoms with van der Waals surface area (Å²) in [5.41, 5.74) is -1.40. The van der Waals surface area contributed by atoms with E-state index in [2.05, 4.69) is 5.32 Å². The lowest BCUT2D eigenvalue weighted by Crippen LogP contribution is -2.82. The van der Waals surface area contributed by atoms with Crippen LogP contribution in [0.25, 0.3) is 0 Å². The van der Waals surface area contributed by atoms with Gasteiger partial charge in [0.1, 0.15) is 6.61 Å². The van der Waals surface area contributed by atoms with Crippen molar-refractivity contribution in [1.29, 1.82) is 0 Å². The molecule has 2 amide bonds. The van der Waals surface area contributed by atoms with Crippen LogP contribution < -0.4 is 5.32 Å². The van der Waals surface area contributed by atoms with Gasteiger partial charge in [-0.2, -0.15) is 12.7 Å². The molecule has 0 spiro atoms. The lowest BCUT2D eigenvalue weighted by atomic mass is 10.0. The third kappa shape index (κ3) is 3.74. The first-order valence-corrected chi connectivity index (χ1v) is 8.63. The Morgan fingerprint density at radius 1 is 1.36 bits per heavy atom. The number of nitrogens with one attached hydrogen (secondary N) is 1. The van der Waals surface area contributed by atoms with Gasteiger partial charge in [0.25, 0.3) is 11.6 Å². The largest absolute Gasteiger partial charge is 0.445 e. The number of amides is 2. The molecule has 1 aromatic rings. The van der Waals surface area contributed by atoms with E-state index in [4.69, 9.17) is 18.8 Å². The van der Waals surface area contributed by atoms with Gasteiger partial charge in [-0.3, -0.25) is 14.7 Å². The van der Waals surface area contributed by atoms with E-state index in [1.54, 1.807) is 37.3 Å². The number of carbonyl (C=O) groups excluding carboxylic acids is 2. The highest BCUT2D eigenvalue weighted by Gasteiger charge is 2.68. The second kappa shape index (κ2) is 7.35. The summed E-state index contributed by atoms with van der Waals surface area (Å²) >= 11 is 0. The Balaban J connectivity index is 2.11. The van der Waals surface area contributed by atoms with Crippen LogP contribution in [0.2, 0.25) is 0 Å². The molecule has 2 rings (SSSR count). The molecule has 0 radical (unpaired) electrons. The summed E-state index contributed by atoms with van der Waals surface area (Å²) in [6.07, 6.45) is -2.58. The van der Waals surface area contributed by atoms with Crippen LogP contribution in [-0.2, 0) is 35.9 Å². The van der Waals surface area contributed by atoms with E-state index >= 15 is 0 Å². The minimum atomic E-state index is -4.87. The van der Waals surface area contributed by atoms with E-state index in [-0.39, 0.29) is 17.5 Å². The molecule has 25 heavy (non-hydrogen) atoms. The molecule has 0 bridgehead atoms. The third-order valence-electron chi connectivity index (χ3n) is 3.47. The Morgan fingerprint density at radius 3 is 2.52 bits per heavy atom. The molecule has 1 aliphatic heterocycles. The van der Waals surface area contributed by atoms with Crippen LogP contribution in [-0.4, -0.2) is 54.9 Å². The summed E-state index contributed by atoms with van der Waals surface area (Å²) in [4.78, 5) is 24.2. The van der Waals surface area contributed by atoms with Gasteiger partial charge >= 0.3 is 16.4 Å². The summed E-state index contributed by atoms with van der Waals surface area (Å²) in [5.74, 6) is -1.20. The van der Waals surface area contributed by atoms with Crippen LogP contribution >= 0.6 is 0 Å². The van der Waals surface area contributed by atoms with Gasteiger partial charge in [0.2, 0.25) is 6.23 Å². The van der Waals surface area contributed by atoms with Crippen molar-refractivity contribution in [3.63, 3.8) is 0 Å². The Kier molecular flexibility index (Phi) is 5.62. The predicted molar refractivity (Wildman–Crippen MR) is 83.3 cm³/mol. The van der Waals surface area contributed by atoms with Crippen LogP contribution in [0, 0.1) is 0 Å². The number of β-lactam (4-membered cyclic amide) rings is 1. The number of carbonyl (C=O) groups is 2. The van der Waals surface area contributed by atoms with E-state index in [1.165, 1.54) is 0 Å². The van der Waals surface area contributed by atoms with Crippen molar-refractivity contribution in [3.8, 4) is 0 Å². The molecule has 11 heteroatoms. The number of rotatable bonds is 7. The minimum absolute atomic E-state index is 0.00415. The molecule has 1 saturated heterocycles. The molecule has 1 aromatic carbocycles. The molecule has 1 unspecified atom stereocenters. The number of methoxy groups -OCH3 is 1. The molecule has 2 atom stereocenters. The van der Waals surface area contributed by atoms with Crippen LogP contribution in [0.1, 0.15) is 12.5 Å². The van der Waals surface area contributed by atoms with Gasteiger partial charge < -0.3 is 14.2 Å². The number of ether oxygens (including phenoxy) is 3. The van der Waals surface area contributed by atoms with Crippen LogP contribution in [0.3, 0.4) is 0 Å². The van der Waals surface area contributed by atoms with Crippen molar-refractivity contribution in [2.45, 2.75) is 25.5 Å². The second-order valence-corrected chi connectivity index (χ2v) is 6.30. The highest BCUT2D eigenvalue weighted by molar-refractivity contribution is 7.84. The average molecular weight is 374 g/mol. The maximum absolute atomic E-state index is 12.2. The fourth-order valence-corrected chi connectivity index (χ4v) is 3.11. The Labute approximate surface area is 144 Å². The summed E-state index contributed by atoms with van der Waals surface area (Å²) in [5, 5.41) is 2.16. The molecule has 0 saturated carbocycles. The predicted octanol–water partition coefficient (Wildman–Crippen LogP) is 0.263. The van der Waals surface area contributed by atoms with E-state index in [0.717, 1.165) is 7.11 Å². The first kappa shape index (κ1) is 19.1. The molecular weight excluding hydrogens is 356 g/mol. The standard InChI is InChI=1S/C14H18N2O8S/c1-3-23-12-14(22-2,11(17)16(12)25(19,20)21)15-13(18)24-9-10-7-5-4-6-8-10/h4-8,12H,3,9H2,1-2H3,(H,15,18)(H,19,20,21)/t12?,14-/m1/s1. The van der Waals surface area contributed by atoms with E-state index in [0.29, 0.717) is 5.56 Å². The monoisotopic (exact) mass is 374 g/mol. The van der Waals surface area contributed by atoms with Crippen molar-refractivity contribution in [3.05, 3.63) is 35.9 Å². The summed E-state index contributed by atoms with van der Waals surface area (Å²) in [6.45, 7) is 1.47. The zero-order valence-electron chi connectivity index (χ0n) is 13.5. The number of hydrogen-bond donors (Lipinski definition) is 2. The molecule has 1 aliphatic rings. The Hall–Kier alpha value is -2.21. The van der Waals surface area contributed by atoms with E-state index in [1.807, 2.05) is 0 Å². The first-order chi connectivity index (χ1) is 11.8. The van der Waals surface area contributed by atoms with Crippen molar-refractivity contribution >= 4 is 22.3 Å². The maximum atomic E-state index is 12.2. The van der Waals surface area contributed by atoms with Gasteiger partial charge in [0.15, 0.2) is 0 Å². The molecule has 10 nitrogen and oxygen atoms in total. The smallest absolute Gasteiger partial charge is 0.410 e. The van der Waals surface area contributed by atoms with Gasteiger partial charge in [0.05, 0.1) is 0 Å². The first-order valence-electron chi connectivity index (χ1n) is 7.23. The SMILES string of the molecule is CCOC1N(S(=O)(=O)O)C(=O)[C@@]1(NC(=O)OCc1ccccc1)OC. The maximum Gasteiger partial charge on any atom is 0.410 e. The lowest BCUT2D eigenvalue weighted by molar-refractivity contribution is -0.240. The second-order valence-electron chi connectivity index (χ2n) is 5.01. The Bertz CT molecular complexity index is 738. The number of hydrogen-bond acceptors (Lipinski definition) is 7. The number of alkyl carbamates (subject to hydrolysis) is 1. The third-order valence-corrected chi connectivity index (χ3v) is 4.33. The van der Waals surface area contributed by atoms with Crippen molar-refractivity contribution in [1.82, 2.24) is 9.62 Å². The number of nitrogens with zero attached hydrogens (tertiary/aromatic N) is 1. The van der Waals surface area contributed by atoms with Crippen LogP contribution in [0.4, 0.5) is 4.79 Å². The summed E-state index contributed by atoms with van der Waals surface area (Å²) in [6, 6.07) is 8.79. The van der Waals surface area contributed by atoms with Gasteiger partial charge in [-0.15, -0.1) is 0 Å². The molecule has 1 fully saturated rings. The highest BCUT2D eigenvalue weighted by atomic mass is 32.2. The molecule has 1 heterocycles. The molecule has 0 aromatic heterocycles. The van der Waals surface area contributed by atoms with E-state index < -0.39 is 34.3 Å². The van der Waals surface area contributed by atoms with Gasteiger partial charge in [-0.05, 0) is 12.5 Å². The zero-order chi connectivity index (χ0) is 18.7. The average Bonchev–Trinajstić information content (AvgIpc) is 2.57. The Morgan fingerprint density at radius 2 is 2.00 bits per heavy atom. The van der Waals surface area contributed by atoms with Crippen LogP contribution in [0.15, 0.2) is 30.3 Å². The fourth-order valence-electron chi connectivity index (χ4n) is 2.31.